The van der Waals surface area contributed by atoms with Crippen molar-refractivity contribution in [3.05, 3.63) is 29.8 Å². The highest BCUT2D eigenvalue weighted by molar-refractivity contribution is 7.99. The summed E-state index contributed by atoms with van der Waals surface area (Å²) in [6.45, 7) is 1.25. The summed E-state index contributed by atoms with van der Waals surface area (Å²) >= 11 is 3.51. The van der Waals surface area contributed by atoms with Crippen LogP contribution in [0.1, 0.15) is 5.56 Å². The number of rotatable bonds is 4. The topological polar surface area (TPSA) is 37.4 Å². The van der Waals surface area contributed by atoms with Crippen LogP contribution in [0.5, 0.6) is 0 Å². The molecule has 1 heterocycles. The van der Waals surface area contributed by atoms with E-state index < -0.39 is 10.0 Å². The maximum absolute atomic E-state index is 12.5. The molecule has 18 heavy (non-hydrogen) atoms. The molecule has 0 aliphatic carbocycles. The largest absolute Gasteiger partial charge is 0.243 e. The molecule has 1 aromatic carbocycles. The molecule has 0 unspecified atom stereocenters. The monoisotopic (exact) mass is 303 g/mol. The maximum Gasteiger partial charge on any atom is 0.243 e. The molecule has 0 amide bonds. The van der Waals surface area contributed by atoms with Gasteiger partial charge in [-0.3, -0.25) is 0 Å². The van der Waals surface area contributed by atoms with Gasteiger partial charge in [0.05, 0.1) is 4.90 Å². The molecule has 100 valence electrons. The molecule has 6 heteroatoms. The lowest BCUT2D eigenvalue weighted by Gasteiger charge is -2.25. The van der Waals surface area contributed by atoms with Crippen LogP contribution in [0.4, 0.5) is 0 Å². The normalized spacial score (nSPS) is 17.8. The SMILES string of the molecule is CSCc1cccc(S(=O)(=O)N2CCSCC2)c1. The number of sulfonamides is 1. The van der Waals surface area contributed by atoms with Crippen molar-refractivity contribution >= 4 is 33.5 Å². The standard InChI is InChI=1S/C12H17NO2S3/c1-16-10-11-3-2-4-12(9-11)18(14,15)13-5-7-17-8-6-13/h2-4,9H,5-8,10H2,1H3. The first-order chi connectivity index (χ1) is 8.64. The second kappa shape index (κ2) is 6.32. The van der Waals surface area contributed by atoms with Crippen LogP contribution in [-0.4, -0.2) is 43.6 Å². The van der Waals surface area contributed by atoms with Crippen LogP contribution < -0.4 is 0 Å². The van der Waals surface area contributed by atoms with Gasteiger partial charge in [-0.2, -0.15) is 27.8 Å². The lowest BCUT2D eigenvalue weighted by Crippen LogP contribution is -2.37. The summed E-state index contributed by atoms with van der Waals surface area (Å²) in [7, 11) is -3.29. The Hall–Kier alpha value is -0.170. The fourth-order valence-electron chi connectivity index (χ4n) is 1.90. The molecular formula is C12H17NO2S3. The summed E-state index contributed by atoms with van der Waals surface area (Å²) in [5, 5.41) is 0. The van der Waals surface area contributed by atoms with E-state index in [1.54, 1.807) is 28.2 Å². The fourth-order valence-corrected chi connectivity index (χ4v) is 5.06. The van der Waals surface area contributed by atoms with E-state index in [1.165, 1.54) is 0 Å². The van der Waals surface area contributed by atoms with E-state index in [0.717, 1.165) is 22.8 Å². The third kappa shape index (κ3) is 3.23. The summed E-state index contributed by atoms with van der Waals surface area (Å²) in [4.78, 5) is 0.431. The van der Waals surface area contributed by atoms with Crippen molar-refractivity contribution in [2.75, 3.05) is 30.9 Å². The average Bonchev–Trinajstić information content (AvgIpc) is 2.40. The molecule has 0 N–H and O–H groups in total. The first-order valence-corrected chi connectivity index (χ1v) is 9.79. The Morgan fingerprint density at radius 2 is 2.06 bits per heavy atom. The smallest absolute Gasteiger partial charge is 0.207 e. The molecule has 1 saturated heterocycles. The lowest BCUT2D eigenvalue weighted by atomic mass is 10.2. The molecule has 2 rings (SSSR count). The maximum atomic E-state index is 12.5. The number of nitrogens with zero attached hydrogens (tertiary/aromatic N) is 1. The van der Waals surface area contributed by atoms with Gasteiger partial charge in [-0.25, -0.2) is 8.42 Å². The second-order valence-corrected chi connectivity index (χ2v) is 8.13. The average molecular weight is 303 g/mol. The van der Waals surface area contributed by atoms with Crippen LogP contribution in [0.25, 0.3) is 0 Å². The van der Waals surface area contributed by atoms with Gasteiger partial charge in [-0.15, -0.1) is 0 Å². The molecule has 0 aromatic heterocycles. The van der Waals surface area contributed by atoms with Crippen LogP contribution in [0.3, 0.4) is 0 Å². The molecule has 1 fully saturated rings. The Kier molecular flexibility index (Phi) is 5.00. The summed E-state index contributed by atoms with van der Waals surface area (Å²) in [6.07, 6.45) is 2.02. The molecule has 0 saturated carbocycles. The third-order valence-corrected chi connectivity index (χ3v) is 6.28. The van der Waals surface area contributed by atoms with Crippen LogP contribution in [0, 0.1) is 0 Å². The number of benzene rings is 1. The van der Waals surface area contributed by atoms with Crippen LogP contribution >= 0.6 is 23.5 Å². The molecule has 0 radical (unpaired) electrons. The second-order valence-electron chi connectivity index (χ2n) is 4.10. The highest BCUT2D eigenvalue weighted by Gasteiger charge is 2.25. The van der Waals surface area contributed by atoms with E-state index in [-0.39, 0.29) is 0 Å². The van der Waals surface area contributed by atoms with Gasteiger partial charge in [0.2, 0.25) is 10.0 Å². The molecule has 0 bridgehead atoms. The molecule has 1 aliphatic heterocycles. The van der Waals surface area contributed by atoms with E-state index in [9.17, 15) is 8.42 Å². The minimum Gasteiger partial charge on any atom is -0.207 e. The van der Waals surface area contributed by atoms with E-state index in [0.29, 0.717) is 18.0 Å². The highest BCUT2D eigenvalue weighted by atomic mass is 32.2. The van der Waals surface area contributed by atoms with Crippen molar-refractivity contribution in [3.8, 4) is 0 Å². The van der Waals surface area contributed by atoms with Crippen molar-refractivity contribution in [1.29, 1.82) is 0 Å². The zero-order valence-corrected chi connectivity index (χ0v) is 12.8. The van der Waals surface area contributed by atoms with Crippen LogP contribution in [0.15, 0.2) is 29.2 Å². The van der Waals surface area contributed by atoms with E-state index in [1.807, 2.05) is 30.2 Å². The van der Waals surface area contributed by atoms with Crippen molar-refractivity contribution < 1.29 is 8.42 Å². The van der Waals surface area contributed by atoms with Gasteiger partial charge in [-0.05, 0) is 24.0 Å². The van der Waals surface area contributed by atoms with Crippen molar-refractivity contribution in [2.45, 2.75) is 10.6 Å². The van der Waals surface area contributed by atoms with E-state index >= 15 is 0 Å². The predicted molar refractivity (Wildman–Crippen MR) is 79.7 cm³/mol. The zero-order valence-electron chi connectivity index (χ0n) is 10.3. The summed E-state index contributed by atoms with van der Waals surface area (Å²) < 4.78 is 26.5. The first kappa shape index (κ1) is 14.2. The van der Waals surface area contributed by atoms with Crippen molar-refractivity contribution in [3.63, 3.8) is 0 Å². The van der Waals surface area contributed by atoms with Crippen LogP contribution in [-0.2, 0) is 15.8 Å². The summed E-state index contributed by atoms with van der Waals surface area (Å²) in [5.74, 6) is 2.63. The minimum absolute atomic E-state index is 0.431. The quantitative estimate of drug-likeness (QED) is 0.855. The summed E-state index contributed by atoms with van der Waals surface area (Å²) in [6, 6.07) is 7.30. The minimum atomic E-state index is -3.29. The lowest BCUT2D eigenvalue weighted by molar-refractivity contribution is 0.443. The predicted octanol–water partition coefficient (Wildman–Crippen LogP) is 2.29. The Labute approximate surface area is 117 Å². The Bertz CT molecular complexity index is 496. The van der Waals surface area contributed by atoms with Gasteiger partial charge in [0.1, 0.15) is 0 Å². The molecule has 0 spiro atoms. The van der Waals surface area contributed by atoms with Gasteiger partial charge >= 0.3 is 0 Å². The molecule has 1 aromatic rings. The fraction of sp³-hybridized carbons (Fsp3) is 0.500. The van der Waals surface area contributed by atoms with Gasteiger partial charge in [0, 0.05) is 30.3 Å². The van der Waals surface area contributed by atoms with Crippen LogP contribution in [0.2, 0.25) is 0 Å². The highest BCUT2D eigenvalue weighted by Crippen LogP contribution is 2.22. The number of thioether (sulfide) groups is 2. The van der Waals surface area contributed by atoms with Crippen molar-refractivity contribution in [1.82, 2.24) is 4.31 Å². The Morgan fingerprint density at radius 3 is 2.72 bits per heavy atom. The first-order valence-electron chi connectivity index (χ1n) is 5.80. The number of hydrogen-bond acceptors (Lipinski definition) is 4. The molecule has 3 nitrogen and oxygen atoms in total. The molecule has 1 aliphatic rings. The van der Waals surface area contributed by atoms with Gasteiger partial charge in [0.25, 0.3) is 0 Å². The number of hydrogen-bond donors (Lipinski definition) is 0. The van der Waals surface area contributed by atoms with E-state index in [2.05, 4.69) is 0 Å². The molecular weight excluding hydrogens is 286 g/mol. The van der Waals surface area contributed by atoms with E-state index in [4.69, 9.17) is 0 Å². The summed E-state index contributed by atoms with van der Waals surface area (Å²) in [5.41, 5.74) is 1.06. The Morgan fingerprint density at radius 1 is 1.33 bits per heavy atom. The zero-order chi connectivity index (χ0) is 13.0. The molecule has 0 atom stereocenters. The van der Waals surface area contributed by atoms with Gasteiger partial charge < -0.3 is 0 Å². The van der Waals surface area contributed by atoms with Crippen molar-refractivity contribution in [2.24, 2.45) is 0 Å². The Balaban J connectivity index is 2.25. The third-order valence-electron chi connectivity index (χ3n) is 2.82. The van der Waals surface area contributed by atoms with Gasteiger partial charge in [0.15, 0.2) is 0 Å². The van der Waals surface area contributed by atoms with Gasteiger partial charge in [-0.1, -0.05) is 12.1 Å².